The number of ether oxygens (including phenoxy) is 3. The maximum Gasteiger partial charge on any atom is 0.413 e. The Morgan fingerprint density at radius 3 is 2.59 bits per heavy atom. The van der Waals surface area contributed by atoms with E-state index in [-0.39, 0.29) is 12.4 Å². The number of methoxy groups -OCH3 is 2. The van der Waals surface area contributed by atoms with Gasteiger partial charge >= 0.3 is 6.09 Å². The van der Waals surface area contributed by atoms with Crippen molar-refractivity contribution in [2.24, 2.45) is 0 Å². The Hall–Kier alpha value is -4.09. The topological polar surface area (TPSA) is 113 Å². The molecule has 0 bridgehead atoms. The van der Waals surface area contributed by atoms with Crippen molar-refractivity contribution >= 4 is 17.6 Å². The third kappa shape index (κ3) is 7.49. The molecule has 2 heterocycles. The van der Waals surface area contributed by atoms with Crippen LogP contribution in [-0.2, 0) is 0 Å². The second kappa shape index (κ2) is 13.6. The average Bonchev–Trinajstić information content (AvgIpc) is 2.97. The molecule has 0 radical (unpaired) electrons. The van der Waals surface area contributed by atoms with Crippen LogP contribution >= 0.6 is 0 Å². The minimum absolute atomic E-state index is 0.260. The normalized spacial score (nSPS) is 14.8. The molecule has 1 atom stereocenters. The number of rotatable bonds is 12. The molecule has 0 spiro atoms. The van der Waals surface area contributed by atoms with Crippen LogP contribution in [-0.4, -0.2) is 98.1 Å². The second-order valence-electron chi connectivity index (χ2n) is 9.25. The molecule has 1 fully saturated rings. The monoisotopic (exact) mass is 536 g/mol. The van der Waals surface area contributed by atoms with Crippen molar-refractivity contribution in [3.05, 3.63) is 66.6 Å². The molecule has 0 unspecified atom stereocenters. The van der Waals surface area contributed by atoms with Crippen LogP contribution in [0.15, 0.2) is 61.1 Å². The number of anilines is 2. The van der Waals surface area contributed by atoms with Crippen molar-refractivity contribution in [2.45, 2.75) is 6.04 Å². The predicted octanol–water partition coefficient (Wildman–Crippen LogP) is 3.46. The van der Waals surface area contributed by atoms with Gasteiger partial charge in [0.05, 0.1) is 20.3 Å². The van der Waals surface area contributed by atoms with Crippen LogP contribution in [0, 0.1) is 0 Å². The minimum Gasteiger partial charge on any atom is -0.497 e. The van der Waals surface area contributed by atoms with Crippen molar-refractivity contribution in [2.75, 3.05) is 77.4 Å². The molecule has 1 aliphatic rings. The van der Waals surface area contributed by atoms with Crippen LogP contribution in [0.4, 0.5) is 16.3 Å². The van der Waals surface area contributed by atoms with Crippen LogP contribution in [0.3, 0.4) is 0 Å². The van der Waals surface area contributed by atoms with Crippen LogP contribution in [0.25, 0.3) is 0 Å². The van der Waals surface area contributed by atoms with Gasteiger partial charge in [-0.3, -0.25) is 9.80 Å². The standard InChI is InChI=1S/C28H36N6O5/c1-32-11-13-33(14-12-32)15-16-39-25-8-7-22(18-26(25)38-3)30-19-24(21-5-4-6-23(17-21)37-2)34(28(35)36)27-9-10-29-20-31-27/h4-10,17-18,20,24,30H,11-16,19H2,1-3H3,(H,35,36)/t24-/m1/s1. The van der Waals surface area contributed by atoms with Gasteiger partial charge in [-0.2, -0.15) is 0 Å². The summed E-state index contributed by atoms with van der Waals surface area (Å²) in [5.41, 5.74) is 1.51. The molecule has 2 aromatic carbocycles. The average molecular weight is 537 g/mol. The molecule has 0 aliphatic carbocycles. The molecule has 11 nitrogen and oxygen atoms in total. The number of benzene rings is 2. The van der Waals surface area contributed by atoms with E-state index in [1.807, 2.05) is 42.5 Å². The first kappa shape index (κ1) is 27.9. The van der Waals surface area contributed by atoms with Crippen molar-refractivity contribution in [1.82, 2.24) is 19.8 Å². The van der Waals surface area contributed by atoms with E-state index in [2.05, 4.69) is 32.1 Å². The van der Waals surface area contributed by atoms with Gasteiger partial charge in [0.2, 0.25) is 0 Å². The Balaban J connectivity index is 1.48. The molecular weight excluding hydrogens is 500 g/mol. The van der Waals surface area contributed by atoms with E-state index in [1.54, 1.807) is 20.3 Å². The van der Waals surface area contributed by atoms with Gasteiger partial charge in [-0.25, -0.2) is 14.8 Å². The fourth-order valence-electron chi connectivity index (χ4n) is 4.49. The summed E-state index contributed by atoms with van der Waals surface area (Å²) >= 11 is 0. The summed E-state index contributed by atoms with van der Waals surface area (Å²) in [6, 6.07) is 13.9. The lowest BCUT2D eigenvalue weighted by molar-refractivity contribution is 0.133. The van der Waals surface area contributed by atoms with Gasteiger partial charge in [0, 0.05) is 57.2 Å². The van der Waals surface area contributed by atoms with E-state index >= 15 is 0 Å². The first-order valence-electron chi connectivity index (χ1n) is 12.9. The Morgan fingerprint density at radius 2 is 1.90 bits per heavy atom. The van der Waals surface area contributed by atoms with Crippen LogP contribution in [0.1, 0.15) is 11.6 Å². The molecule has 11 heteroatoms. The molecule has 1 saturated heterocycles. The second-order valence-corrected chi connectivity index (χ2v) is 9.25. The molecule has 2 N–H and O–H groups in total. The molecule has 1 amide bonds. The first-order chi connectivity index (χ1) is 19.0. The van der Waals surface area contributed by atoms with E-state index in [4.69, 9.17) is 14.2 Å². The van der Waals surface area contributed by atoms with Crippen LogP contribution in [0.5, 0.6) is 17.2 Å². The summed E-state index contributed by atoms with van der Waals surface area (Å²) in [5.74, 6) is 2.16. The van der Waals surface area contributed by atoms with Gasteiger partial charge in [0.15, 0.2) is 11.5 Å². The zero-order valence-electron chi connectivity index (χ0n) is 22.6. The lowest BCUT2D eigenvalue weighted by atomic mass is 10.0. The Labute approximate surface area is 228 Å². The minimum atomic E-state index is -1.13. The number of nitrogens with zero attached hydrogens (tertiary/aromatic N) is 5. The number of carbonyl (C=O) groups is 1. The van der Waals surface area contributed by atoms with E-state index in [9.17, 15) is 9.90 Å². The zero-order valence-corrected chi connectivity index (χ0v) is 22.6. The Morgan fingerprint density at radius 1 is 1.08 bits per heavy atom. The summed E-state index contributed by atoms with van der Waals surface area (Å²) in [4.78, 5) is 26.5. The lowest BCUT2D eigenvalue weighted by Crippen LogP contribution is -2.45. The fourth-order valence-corrected chi connectivity index (χ4v) is 4.49. The predicted molar refractivity (Wildman–Crippen MR) is 149 cm³/mol. The summed E-state index contributed by atoms with van der Waals surface area (Å²) in [5, 5.41) is 13.5. The number of nitrogens with one attached hydrogen (secondary N) is 1. The van der Waals surface area contributed by atoms with E-state index in [0.29, 0.717) is 23.9 Å². The molecule has 208 valence electrons. The Bertz CT molecular complexity index is 1210. The third-order valence-electron chi connectivity index (χ3n) is 6.73. The Kier molecular flexibility index (Phi) is 9.76. The number of aromatic nitrogens is 2. The summed E-state index contributed by atoms with van der Waals surface area (Å²) < 4.78 is 17.0. The van der Waals surface area contributed by atoms with E-state index in [0.717, 1.165) is 44.0 Å². The first-order valence-corrected chi connectivity index (χ1v) is 12.9. The summed E-state index contributed by atoms with van der Waals surface area (Å²) in [6.07, 6.45) is 1.71. The van der Waals surface area contributed by atoms with Crippen molar-refractivity contribution < 1.29 is 24.1 Å². The molecule has 0 saturated carbocycles. The summed E-state index contributed by atoms with van der Waals surface area (Å²) in [7, 11) is 5.32. The molecule has 4 rings (SSSR count). The van der Waals surface area contributed by atoms with Crippen LogP contribution < -0.4 is 24.4 Å². The van der Waals surface area contributed by atoms with E-state index < -0.39 is 12.1 Å². The van der Waals surface area contributed by atoms with Gasteiger partial charge in [0.1, 0.15) is 24.5 Å². The van der Waals surface area contributed by atoms with Gasteiger partial charge in [-0.05, 0) is 42.9 Å². The smallest absolute Gasteiger partial charge is 0.413 e. The number of piperazine rings is 1. The van der Waals surface area contributed by atoms with Gasteiger partial charge in [-0.15, -0.1) is 0 Å². The third-order valence-corrected chi connectivity index (χ3v) is 6.73. The van der Waals surface area contributed by atoms with Gasteiger partial charge in [0.25, 0.3) is 0 Å². The zero-order chi connectivity index (χ0) is 27.6. The highest BCUT2D eigenvalue weighted by Gasteiger charge is 2.28. The van der Waals surface area contributed by atoms with E-state index in [1.165, 1.54) is 17.4 Å². The van der Waals surface area contributed by atoms with Gasteiger partial charge < -0.3 is 29.5 Å². The molecule has 3 aromatic rings. The highest BCUT2D eigenvalue weighted by atomic mass is 16.5. The molecular formula is C28H36N6O5. The SMILES string of the molecule is COc1cccc([C@@H](CNc2ccc(OCCN3CCN(C)CC3)c(OC)c2)N(C(=O)O)c2ccncn2)c1. The number of amides is 1. The molecule has 1 aromatic heterocycles. The summed E-state index contributed by atoms with van der Waals surface area (Å²) in [6.45, 7) is 5.89. The molecule has 39 heavy (non-hydrogen) atoms. The number of hydrogen-bond acceptors (Lipinski definition) is 9. The van der Waals surface area contributed by atoms with Crippen molar-refractivity contribution in [1.29, 1.82) is 0 Å². The maximum atomic E-state index is 12.4. The number of likely N-dealkylation sites (N-methyl/N-ethyl adjacent to an activating group) is 1. The maximum absolute atomic E-state index is 12.4. The van der Waals surface area contributed by atoms with Crippen molar-refractivity contribution in [3.8, 4) is 17.2 Å². The highest BCUT2D eigenvalue weighted by molar-refractivity contribution is 5.85. The fraction of sp³-hybridized carbons (Fsp3) is 0.393. The number of carboxylic acid groups (broad SMARTS) is 1. The van der Waals surface area contributed by atoms with Crippen molar-refractivity contribution in [3.63, 3.8) is 0 Å². The quantitative estimate of drug-likeness (QED) is 0.357. The van der Waals surface area contributed by atoms with Crippen LogP contribution in [0.2, 0.25) is 0 Å². The molecule has 1 aliphatic heterocycles. The lowest BCUT2D eigenvalue weighted by Gasteiger charge is -2.32. The largest absolute Gasteiger partial charge is 0.497 e. The van der Waals surface area contributed by atoms with Gasteiger partial charge in [-0.1, -0.05) is 12.1 Å². The number of hydrogen-bond donors (Lipinski definition) is 2. The highest BCUT2D eigenvalue weighted by Crippen LogP contribution is 2.32.